The summed E-state index contributed by atoms with van der Waals surface area (Å²) >= 11 is 0. The molecule has 1 aliphatic heterocycles. The number of aromatic nitrogens is 2. The van der Waals surface area contributed by atoms with Gasteiger partial charge in [-0.15, -0.1) is 0 Å². The van der Waals surface area contributed by atoms with Gasteiger partial charge in [0.1, 0.15) is 11.6 Å². The average Bonchev–Trinajstić information content (AvgIpc) is 2.83. The second-order valence-corrected chi connectivity index (χ2v) is 5.86. The van der Waals surface area contributed by atoms with Crippen molar-refractivity contribution in [1.82, 2.24) is 15.3 Å². The van der Waals surface area contributed by atoms with Gasteiger partial charge in [0.05, 0.1) is 5.56 Å². The first-order valence-corrected chi connectivity index (χ1v) is 8.28. The third kappa shape index (κ3) is 3.34. The molecule has 0 amide bonds. The lowest BCUT2D eigenvalue weighted by Gasteiger charge is -2.25. The number of benzene rings is 1. The summed E-state index contributed by atoms with van der Waals surface area (Å²) in [5, 5.41) is 3.41. The van der Waals surface area contributed by atoms with E-state index in [0.717, 1.165) is 56.1 Å². The molecule has 1 fully saturated rings. The van der Waals surface area contributed by atoms with E-state index < -0.39 is 0 Å². The van der Waals surface area contributed by atoms with Crippen molar-refractivity contribution < 1.29 is 4.39 Å². The fourth-order valence-electron chi connectivity index (χ4n) is 3.08. The maximum atomic E-state index is 14.1. The Labute approximate surface area is 136 Å². The molecule has 1 saturated heterocycles. The van der Waals surface area contributed by atoms with E-state index in [-0.39, 0.29) is 5.82 Å². The molecule has 2 heterocycles. The van der Waals surface area contributed by atoms with Gasteiger partial charge in [-0.1, -0.05) is 19.1 Å². The molecular weight excluding hydrogens is 291 g/mol. The molecule has 0 unspecified atom stereocenters. The van der Waals surface area contributed by atoms with Crippen molar-refractivity contribution in [2.45, 2.75) is 26.7 Å². The second kappa shape index (κ2) is 7.04. The van der Waals surface area contributed by atoms with Crippen LogP contribution in [-0.4, -0.2) is 36.1 Å². The lowest BCUT2D eigenvalue weighted by Crippen LogP contribution is -2.30. The monoisotopic (exact) mass is 314 g/mol. The van der Waals surface area contributed by atoms with Crippen LogP contribution in [0.2, 0.25) is 0 Å². The predicted octanol–water partition coefficient (Wildman–Crippen LogP) is 2.95. The zero-order valence-corrected chi connectivity index (χ0v) is 13.8. The van der Waals surface area contributed by atoms with E-state index in [1.807, 2.05) is 13.0 Å². The summed E-state index contributed by atoms with van der Waals surface area (Å²) in [5.41, 5.74) is 2.56. The number of nitrogens with zero attached hydrogens (tertiary/aromatic N) is 3. The minimum Gasteiger partial charge on any atom is -0.355 e. The van der Waals surface area contributed by atoms with Crippen molar-refractivity contribution in [1.29, 1.82) is 0 Å². The highest BCUT2D eigenvalue weighted by atomic mass is 19.1. The van der Waals surface area contributed by atoms with E-state index >= 15 is 0 Å². The molecule has 0 spiro atoms. The highest BCUT2D eigenvalue weighted by Crippen LogP contribution is 2.27. The first kappa shape index (κ1) is 15.9. The topological polar surface area (TPSA) is 41.1 Å². The number of hydrogen-bond acceptors (Lipinski definition) is 4. The van der Waals surface area contributed by atoms with Crippen molar-refractivity contribution in [2.24, 2.45) is 0 Å². The number of halogens is 1. The Morgan fingerprint density at radius 2 is 2.00 bits per heavy atom. The summed E-state index contributed by atoms with van der Waals surface area (Å²) in [7, 11) is 0. The Morgan fingerprint density at radius 3 is 2.78 bits per heavy atom. The van der Waals surface area contributed by atoms with Gasteiger partial charge in [-0.2, -0.15) is 0 Å². The zero-order chi connectivity index (χ0) is 16.2. The Hall–Kier alpha value is -2.01. The van der Waals surface area contributed by atoms with E-state index in [9.17, 15) is 4.39 Å². The molecule has 0 saturated carbocycles. The first-order valence-electron chi connectivity index (χ1n) is 8.28. The van der Waals surface area contributed by atoms with Gasteiger partial charge in [-0.25, -0.2) is 14.4 Å². The summed E-state index contributed by atoms with van der Waals surface area (Å²) < 4.78 is 14.1. The van der Waals surface area contributed by atoms with Crippen molar-refractivity contribution in [2.75, 3.05) is 31.1 Å². The quantitative estimate of drug-likeness (QED) is 0.946. The molecule has 0 radical (unpaired) electrons. The zero-order valence-electron chi connectivity index (χ0n) is 13.8. The first-order chi connectivity index (χ1) is 11.2. The molecule has 122 valence electrons. The van der Waals surface area contributed by atoms with Crippen LogP contribution in [0.3, 0.4) is 0 Å². The van der Waals surface area contributed by atoms with Crippen LogP contribution in [0.15, 0.2) is 24.3 Å². The molecule has 0 bridgehead atoms. The van der Waals surface area contributed by atoms with Crippen molar-refractivity contribution >= 4 is 5.82 Å². The maximum absolute atomic E-state index is 14.1. The molecule has 1 aliphatic rings. The van der Waals surface area contributed by atoms with Crippen LogP contribution in [0.4, 0.5) is 10.2 Å². The van der Waals surface area contributed by atoms with E-state index in [4.69, 9.17) is 4.98 Å². The Bertz CT molecular complexity index is 679. The number of hydrogen-bond donors (Lipinski definition) is 1. The van der Waals surface area contributed by atoms with Crippen LogP contribution in [0, 0.1) is 12.7 Å². The van der Waals surface area contributed by atoms with Gasteiger partial charge in [0.2, 0.25) is 0 Å². The maximum Gasteiger partial charge on any atom is 0.164 e. The molecule has 1 aromatic carbocycles. The van der Waals surface area contributed by atoms with Crippen molar-refractivity contribution in [3.05, 3.63) is 41.3 Å². The molecule has 1 N–H and O–H groups in total. The third-order valence-electron chi connectivity index (χ3n) is 4.30. The highest BCUT2D eigenvalue weighted by Gasteiger charge is 2.19. The Morgan fingerprint density at radius 1 is 1.17 bits per heavy atom. The molecule has 5 heteroatoms. The lowest BCUT2D eigenvalue weighted by molar-refractivity contribution is 0.629. The largest absolute Gasteiger partial charge is 0.355 e. The molecular formula is C18H23FN4. The normalized spacial score (nSPS) is 15.5. The smallest absolute Gasteiger partial charge is 0.164 e. The van der Waals surface area contributed by atoms with Crippen LogP contribution in [-0.2, 0) is 6.42 Å². The Kier molecular flexibility index (Phi) is 4.86. The molecule has 2 aromatic rings. The summed E-state index contributed by atoms with van der Waals surface area (Å²) in [6.45, 7) is 7.97. The molecule has 1 aromatic heterocycles. The summed E-state index contributed by atoms with van der Waals surface area (Å²) in [6, 6.07) is 6.70. The summed E-state index contributed by atoms with van der Waals surface area (Å²) in [6.07, 6.45) is 1.96. The van der Waals surface area contributed by atoms with Crippen LogP contribution in [0.5, 0.6) is 0 Å². The lowest BCUT2D eigenvalue weighted by atomic mass is 10.1. The number of nitrogens with one attached hydrogen (secondary N) is 1. The predicted molar refractivity (Wildman–Crippen MR) is 91.2 cm³/mol. The fraction of sp³-hybridized carbons (Fsp3) is 0.444. The molecule has 23 heavy (non-hydrogen) atoms. The van der Waals surface area contributed by atoms with Gasteiger partial charge < -0.3 is 10.2 Å². The minimum absolute atomic E-state index is 0.278. The standard InChI is InChI=1S/C18H23FN4/c1-3-14-13(2)21-17(15-7-4-5-8-16(15)19)22-18(14)23-11-6-9-20-10-12-23/h4-5,7-8,20H,3,6,9-12H2,1-2H3. The molecule has 4 nitrogen and oxygen atoms in total. The van der Waals surface area contributed by atoms with Gasteiger partial charge in [0, 0.05) is 30.9 Å². The van der Waals surface area contributed by atoms with Crippen LogP contribution >= 0.6 is 0 Å². The highest BCUT2D eigenvalue weighted by molar-refractivity contribution is 5.61. The summed E-state index contributed by atoms with van der Waals surface area (Å²) in [5.74, 6) is 1.16. The van der Waals surface area contributed by atoms with E-state index in [0.29, 0.717) is 11.4 Å². The van der Waals surface area contributed by atoms with Gasteiger partial charge in [-0.05, 0) is 38.4 Å². The fourth-order valence-corrected chi connectivity index (χ4v) is 3.08. The average molecular weight is 314 g/mol. The number of rotatable bonds is 3. The van der Waals surface area contributed by atoms with Crippen LogP contribution in [0.1, 0.15) is 24.6 Å². The number of anilines is 1. The van der Waals surface area contributed by atoms with Crippen LogP contribution < -0.4 is 10.2 Å². The van der Waals surface area contributed by atoms with Crippen molar-refractivity contribution in [3.63, 3.8) is 0 Å². The summed E-state index contributed by atoms with van der Waals surface area (Å²) in [4.78, 5) is 11.6. The van der Waals surface area contributed by atoms with Gasteiger partial charge >= 0.3 is 0 Å². The van der Waals surface area contributed by atoms with E-state index in [1.165, 1.54) is 6.07 Å². The van der Waals surface area contributed by atoms with Crippen LogP contribution in [0.25, 0.3) is 11.4 Å². The van der Waals surface area contributed by atoms with Gasteiger partial charge in [0.25, 0.3) is 0 Å². The van der Waals surface area contributed by atoms with Gasteiger partial charge in [0.15, 0.2) is 5.82 Å². The van der Waals surface area contributed by atoms with Gasteiger partial charge in [-0.3, -0.25) is 0 Å². The van der Waals surface area contributed by atoms with E-state index in [1.54, 1.807) is 12.1 Å². The molecule has 0 aliphatic carbocycles. The second-order valence-electron chi connectivity index (χ2n) is 5.86. The third-order valence-corrected chi connectivity index (χ3v) is 4.30. The minimum atomic E-state index is -0.278. The Balaban J connectivity index is 2.08. The van der Waals surface area contributed by atoms with Crippen molar-refractivity contribution in [3.8, 4) is 11.4 Å². The van der Waals surface area contributed by atoms with E-state index in [2.05, 4.69) is 22.1 Å². The molecule has 0 atom stereocenters. The molecule has 3 rings (SSSR count). The number of aryl methyl sites for hydroxylation is 1. The SMILES string of the molecule is CCc1c(C)nc(-c2ccccc2F)nc1N1CCCNCC1.